The number of ether oxygens (including phenoxy) is 2. The largest absolute Gasteiger partial charge is 0.488 e. The van der Waals surface area contributed by atoms with Gasteiger partial charge < -0.3 is 25.8 Å². The van der Waals surface area contributed by atoms with Crippen molar-refractivity contribution in [1.29, 1.82) is 0 Å². The first-order valence-electron chi connectivity index (χ1n) is 6.78. The van der Waals surface area contributed by atoms with E-state index < -0.39 is 0 Å². The van der Waals surface area contributed by atoms with Crippen LogP contribution < -0.4 is 21.1 Å². The van der Waals surface area contributed by atoms with E-state index in [2.05, 4.69) is 10.6 Å². The van der Waals surface area contributed by atoms with Crippen LogP contribution in [0.5, 0.6) is 5.75 Å². The molecule has 4 N–H and O–H groups in total. The molecular weight excluding hydrogens is 310 g/mol. The summed E-state index contributed by atoms with van der Waals surface area (Å²) < 4.78 is 11.0. The number of hydrogen-bond acceptors (Lipinski definition) is 5. The lowest BCUT2D eigenvalue weighted by atomic mass is 10.2. The molecule has 0 aliphatic carbocycles. The predicted octanol–water partition coefficient (Wildman–Crippen LogP) is 0.289. The molecule has 1 unspecified atom stereocenters. The average Bonchev–Trinajstić information content (AvgIpc) is 3.00. The highest BCUT2D eigenvalue weighted by Gasteiger charge is 2.16. The van der Waals surface area contributed by atoms with Crippen LogP contribution in [0.25, 0.3) is 0 Å². The van der Waals surface area contributed by atoms with Gasteiger partial charge in [-0.1, -0.05) is 0 Å². The minimum atomic E-state index is -0.368. The lowest BCUT2D eigenvalue weighted by molar-refractivity contribution is -0.123. The molecule has 0 saturated carbocycles. The molecule has 1 aromatic rings. The Morgan fingerprint density at radius 3 is 2.59 bits per heavy atom. The van der Waals surface area contributed by atoms with E-state index in [-0.39, 0.29) is 43.4 Å². The Bertz CT molecular complexity index is 489. The number of anilines is 1. The van der Waals surface area contributed by atoms with E-state index in [4.69, 9.17) is 15.2 Å². The number of hydrogen-bond donors (Lipinski definition) is 3. The monoisotopic (exact) mass is 329 g/mol. The molecule has 2 rings (SSSR count). The Morgan fingerprint density at radius 1 is 1.27 bits per heavy atom. The Balaban J connectivity index is 0.00000242. The Morgan fingerprint density at radius 2 is 2.00 bits per heavy atom. The van der Waals surface area contributed by atoms with Crippen LogP contribution in [-0.2, 0) is 14.3 Å². The second-order valence-electron chi connectivity index (χ2n) is 4.66. The van der Waals surface area contributed by atoms with Gasteiger partial charge in [0.05, 0.1) is 26.3 Å². The second-order valence-corrected chi connectivity index (χ2v) is 4.66. The van der Waals surface area contributed by atoms with Gasteiger partial charge >= 0.3 is 0 Å². The number of amides is 2. The number of nitrogens with two attached hydrogens (primary N) is 1. The van der Waals surface area contributed by atoms with Gasteiger partial charge in [-0.3, -0.25) is 9.59 Å². The van der Waals surface area contributed by atoms with Crippen LogP contribution in [0.3, 0.4) is 0 Å². The third kappa shape index (κ3) is 5.88. The first-order valence-corrected chi connectivity index (χ1v) is 6.78. The Labute approximate surface area is 134 Å². The van der Waals surface area contributed by atoms with Crippen molar-refractivity contribution in [2.45, 2.75) is 12.5 Å². The molecule has 1 aliphatic heterocycles. The number of benzene rings is 1. The summed E-state index contributed by atoms with van der Waals surface area (Å²) in [5.41, 5.74) is 5.76. The molecule has 0 spiro atoms. The van der Waals surface area contributed by atoms with Gasteiger partial charge in [-0.05, 0) is 24.3 Å². The Kier molecular flexibility index (Phi) is 7.65. The highest BCUT2D eigenvalue weighted by atomic mass is 35.5. The molecule has 0 aromatic heterocycles. The highest BCUT2D eigenvalue weighted by Crippen LogP contribution is 2.19. The first kappa shape index (κ1) is 18.2. The molecule has 122 valence electrons. The summed E-state index contributed by atoms with van der Waals surface area (Å²) in [6.45, 7) is 1.10. The van der Waals surface area contributed by atoms with Crippen LogP contribution >= 0.6 is 12.4 Å². The zero-order valence-corrected chi connectivity index (χ0v) is 12.9. The molecular formula is C14H20ClN3O4. The summed E-state index contributed by atoms with van der Waals surface area (Å²) in [5.74, 6) is 0.0577. The van der Waals surface area contributed by atoms with Crippen molar-refractivity contribution in [2.24, 2.45) is 5.73 Å². The number of halogens is 1. The van der Waals surface area contributed by atoms with Crippen LogP contribution in [0.2, 0.25) is 0 Å². The summed E-state index contributed by atoms with van der Waals surface area (Å²) in [6.07, 6.45) is 0.983. The highest BCUT2D eigenvalue weighted by molar-refractivity contribution is 5.94. The maximum atomic E-state index is 11.6. The van der Waals surface area contributed by atoms with E-state index >= 15 is 0 Å². The smallest absolute Gasteiger partial charge is 0.243 e. The van der Waals surface area contributed by atoms with Crippen molar-refractivity contribution in [3.8, 4) is 5.75 Å². The normalized spacial score (nSPS) is 16.5. The average molecular weight is 330 g/mol. The van der Waals surface area contributed by atoms with Gasteiger partial charge in [-0.25, -0.2) is 0 Å². The fraction of sp³-hybridized carbons (Fsp3) is 0.429. The molecule has 1 heterocycles. The van der Waals surface area contributed by atoms with Gasteiger partial charge in [0.1, 0.15) is 11.9 Å². The summed E-state index contributed by atoms with van der Waals surface area (Å²) in [6, 6.07) is 7.06. The zero-order chi connectivity index (χ0) is 15.1. The molecule has 7 nitrogen and oxygen atoms in total. The van der Waals surface area contributed by atoms with E-state index in [0.717, 1.165) is 18.8 Å². The molecule has 1 aromatic carbocycles. The quantitative estimate of drug-likeness (QED) is 0.696. The maximum absolute atomic E-state index is 11.6. The topological polar surface area (TPSA) is 103 Å². The fourth-order valence-electron chi connectivity index (χ4n) is 1.87. The number of carbonyl (C=O) groups excluding carboxylic acids is 2. The lowest BCUT2D eigenvalue weighted by Crippen LogP contribution is -2.36. The third-order valence-corrected chi connectivity index (χ3v) is 2.96. The van der Waals surface area contributed by atoms with Crippen molar-refractivity contribution in [3.05, 3.63) is 24.3 Å². The van der Waals surface area contributed by atoms with Gasteiger partial charge in [0, 0.05) is 12.1 Å². The molecule has 1 saturated heterocycles. The SMILES string of the molecule is Cl.NCC(=O)NCC(=O)Nc1ccc(OC2CCOC2)cc1. The van der Waals surface area contributed by atoms with Gasteiger partial charge in [-0.2, -0.15) is 0 Å². The number of nitrogens with one attached hydrogen (secondary N) is 2. The van der Waals surface area contributed by atoms with Gasteiger partial charge in [0.15, 0.2) is 0 Å². The van der Waals surface area contributed by atoms with E-state index in [0.29, 0.717) is 12.3 Å². The fourth-order valence-corrected chi connectivity index (χ4v) is 1.87. The van der Waals surface area contributed by atoms with Crippen molar-refractivity contribution in [2.75, 3.05) is 31.6 Å². The molecule has 1 atom stereocenters. The van der Waals surface area contributed by atoms with Crippen molar-refractivity contribution < 1.29 is 19.1 Å². The lowest BCUT2D eigenvalue weighted by Gasteiger charge is -2.12. The predicted molar refractivity (Wildman–Crippen MR) is 84.2 cm³/mol. The van der Waals surface area contributed by atoms with E-state index in [1.165, 1.54) is 0 Å². The number of carbonyl (C=O) groups is 2. The van der Waals surface area contributed by atoms with Crippen LogP contribution in [0.15, 0.2) is 24.3 Å². The van der Waals surface area contributed by atoms with Crippen molar-refractivity contribution in [1.82, 2.24) is 5.32 Å². The van der Waals surface area contributed by atoms with Crippen molar-refractivity contribution in [3.63, 3.8) is 0 Å². The van der Waals surface area contributed by atoms with E-state index in [1.807, 2.05) is 0 Å². The minimum Gasteiger partial charge on any atom is -0.488 e. The summed E-state index contributed by atoms with van der Waals surface area (Å²) >= 11 is 0. The van der Waals surface area contributed by atoms with E-state index in [9.17, 15) is 9.59 Å². The van der Waals surface area contributed by atoms with Crippen molar-refractivity contribution >= 4 is 29.9 Å². The van der Waals surface area contributed by atoms with Crippen LogP contribution in [-0.4, -0.2) is 44.2 Å². The molecule has 0 bridgehead atoms. The van der Waals surface area contributed by atoms with Crippen LogP contribution in [0, 0.1) is 0 Å². The van der Waals surface area contributed by atoms with Gasteiger partial charge in [0.2, 0.25) is 11.8 Å². The summed E-state index contributed by atoms with van der Waals surface area (Å²) in [4.78, 5) is 22.5. The van der Waals surface area contributed by atoms with Crippen LogP contribution in [0.4, 0.5) is 5.69 Å². The molecule has 2 amide bonds. The molecule has 1 fully saturated rings. The summed E-state index contributed by atoms with van der Waals surface area (Å²) in [7, 11) is 0. The van der Waals surface area contributed by atoms with E-state index in [1.54, 1.807) is 24.3 Å². The zero-order valence-electron chi connectivity index (χ0n) is 12.0. The molecule has 22 heavy (non-hydrogen) atoms. The molecule has 8 heteroatoms. The Hall–Kier alpha value is -1.83. The third-order valence-electron chi connectivity index (χ3n) is 2.96. The van der Waals surface area contributed by atoms with Gasteiger partial charge in [-0.15, -0.1) is 12.4 Å². The standard InChI is InChI=1S/C14H19N3O4.ClH/c15-7-13(18)16-8-14(19)17-10-1-3-11(4-2-10)21-12-5-6-20-9-12;/h1-4,12H,5-9,15H2,(H,16,18)(H,17,19);1H. The van der Waals surface area contributed by atoms with Gasteiger partial charge in [0.25, 0.3) is 0 Å². The van der Waals surface area contributed by atoms with Crippen LogP contribution in [0.1, 0.15) is 6.42 Å². The minimum absolute atomic E-state index is 0. The molecule has 0 radical (unpaired) electrons. The maximum Gasteiger partial charge on any atom is 0.243 e. The number of rotatable bonds is 6. The summed E-state index contributed by atoms with van der Waals surface area (Å²) in [5, 5.41) is 5.06. The first-order chi connectivity index (χ1) is 10.2. The molecule has 1 aliphatic rings. The second kappa shape index (κ2) is 9.24.